The molecular formula is C13H25N3O. The molecule has 2 fully saturated rings. The third-order valence-electron chi connectivity index (χ3n) is 4.49. The van der Waals surface area contributed by atoms with Crippen LogP contribution in [0, 0.1) is 11.3 Å². The van der Waals surface area contributed by atoms with Crippen LogP contribution in [0.3, 0.4) is 0 Å². The van der Waals surface area contributed by atoms with E-state index in [0.29, 0.717) is 11.5 Å². The zero-order chi connectivity index (χ0) is 12.6. The van der Waals surface area contributed by atoms with Crippen LogP contribution in [0.1, 0.15) is 39.5 Å². The Morgan fingerprint density at radius 1 is 1.41 bits per heavy atom. The van der Waals surface area contributed by atoms with E-state index in [1.165, 1.54) is 6.42 Å². The quantitative estimate of drug-likeness (QED) is 0.745. The Balaban J connectivity index is 1.96. The van der Waals surface area contributed by atoms with Gasteiger partial charge < -0.3 is 16.4 Å². The summed E-state index contributed by atoms with van der Waals surface area (Å²) in [6, 6.07) is -0.0101. The van der Waals surface area contributed by atoms with E-state index in [4.69, 9.17) is 11.5 Å². The molecule has 1 heterocycles. The van der Waals surface area contributed by atoms with E-state index in [1.807, 2.05) is 18.7 Å². The Bertz CT molecular complexity index is 305. The summed E-state index contributed by atoms with van der Waals surface area (Å²) in [5.41, 5.74) is 12.2. The highest BCUT2D eigenvalue weighted by Gasteiger charge is 2.44. The van der Waals surface area contributed by atoms with Gasteiger partial charge in [0.05, 0.1) is 6.04 Å². The van der Waals surface area contributed by atoms with Crippen LogP contribution in [0.4, 0.5) is 0 Å². The fourth-order valence-electron chi connectivity index (χ4n) is 3.24. The van der Waals surface area contributed by atoms with Gasteiger partial charge in [-0.15, -0.1) is 0 Å². The lowest BCUT2D eigenvalue weighted by Crippen LogP contribution is -2.46. The van der Waals surface area contributed by atoms with Gasteiger partial charge in [-0.1, -0.05) is 13.8 Å². The third kappa shape index (κ3) is 2.47. The standard InChI is InChI=1S/C13H25N3O/c1-9(2)11(15)12(17)16-6-5-13(8-16)4-3-10(14)7-13/h9-11H,3-8,14-15H2,1-2H3/t10-,11-,13-/m0/s1. The van der Waals surface area contributed by atoms with Crippen molar-refractivity contribution in [2.45, 2.75) is 51.6 Å². The molecule has 98 valence electrons. The van der Waals surface area contributed by atoms with Gasteiger partial charge in [0.2, 0.25) is 5.91 Å². The normalized spacial score (nSPS) is 34.9. The van der Waals surface area contributed by atoms with E-state index in [2.05, 4.69) is 0 Å². The monoisotopic (exact) mass is 239 g/mol. The maximum atomic E-state index is 12.2. The second-order valence-electron chi connectivity index (χ2n) is 6.28. The summed E-state index contributed by atoms with van der Waals surface area (Å²) in [6.45, 7) is 5.74. The van der Waals surface area contributed by atoms with Crippen molar-refractivity contribution in [2.75, 3.05) is 13.1 Å². The van der Waals surface area contributed by atoms with Crippen LogP contribution in [0.25, 0.3) is 0 Å². The highest BCUT2D eigenvalue weighted by atomic mass is 16.2. The molecule has 17 heavy (non-hydrogen) atoms. The summed E-state index contributed by atoms with van der Waals surface area (Å²) in [6.07, 6.45) is 4.47. The highest BCUT2D eigenvalue weighted by molar-refractivity contribution is 5.82. The molecule has 0 aromatic heterocycles. The highest BCUT2D eigenvalue weighted by Crippen LogP contribution is 2.44. The van der Waals surface area contributed by atoms with E-state index in [0.717, 1.165) is 32.4 Å². The molecule has 1 saturated heterocycles. The average Bonchev–Trinajstić information content (AvgIpc) is 2.84. The molecule has 0 aromatic carbocycles. The molecular weight excluding hydrogens is 214 g/mol. The summed E-state index contributed by atoms with van der Waals surface area (Å²) in [4.78, 5) is 14.1. The van der Waals surface area contributed by atoms with Gasteiger partial charge in [0.1, 0.15) is 0 Å². The molecule has 0 unspecified atom stereocenters. The zero-order valence-electron chi connectivity index (χ0n) is 11.0. The predicted molar refractivity (Wildman–Crippen MR) is 68.3 cm³/mol. The number of rotatable bonds is 2. The Kier molecular flexibility index (Phi) is 3.46. The Hall–Kier alpha value is -0.610. The largest absolute Gasteiger partial charge is 0.341 e. The van der Waals surface area contributed by atoms with Crippen molar-refractivity contribution in [3.63, 3.8) is 0 Å². The van der Waals surface area contributed by atoms with Crippen LogP contribution in [0.15, 0.2) is 0 Å². The minimum absolute atomic E-state index is 0.123. The van der Waals surface area contributed by atoms with Crippen molar-refractivity contribution in [3.05, 3.63) is 0 Å². The molecule has 1 spiro atoms. The second kappa shape index (κ2) is 4.58. The van der Waals surface area contributed by atoms with Gasteiger partial charge in [0, 0.05) is 19.1 Å². The van der Waals surface area contributed by atoms with Gasteiger partial charge in [-0.25, -0.2) is 0 Å². The molecule has 1 aliphatic heterocycles. The molecule has 3 atom stereocenters. The van der Waals surface area contributed by atoms with Crippen molar-refractivity contribution in [2.24, 2.45) is 22.8 Å². The Labute approximate surface area is 104 Å². The van der Waals surface area contributed by atoms with E-state index in [1.54, 1.807) is 0 Å². The Morgan fingerprint density at radius 3 is 2.65 bits per heavy atom. The van der Waals surface area contributed by atoms with Crippen LogP contribution in [0.2, 0.25) is 0 Å². The molecule has 4 nitrogen and oxygen atoms in total. The summed E-state index contributed by atoms with van der Waals surface area (Å²) >= 11 is 0. The van der Waals surface area contributed by atoms with Crippen molar-refractivity contribution in [1.82, 2.24) is 4.90 Å². The van der Waals surface area contributed by atoms with Crippen molar-refractivity contribution < 1.29 is 4.79 Å². The van der Waals surface area contributed by atoms with Gasteiger partial charge >= 0.3 is 0 Å². The fraction of sp³-hybridized carbons (Fsp3) is 0.923. The van der Waals surface area contributed by atoms with E-state index < -0.39 is 0 Å². The molecule has 4 N–H and O–H groups in total. The van der Waals surface area contributed by atoms with Gasteiger partial charge in [-0.3, -0.25) is 4.79 Å². The first-order valence-electron chi connectivity index (χ1n) is 6.73. The lowest BCUT2D eigenvalue weighted by atomic mass is 9.85. The van der Waals surface area contributed by atoms with Crippen LogP contribution >= 0.6 is 0 Å². The molecule has 1 aliphatic carbocycles. The third-order valence-corrected chi connectivity index (χ3v) is 4.49. The van der Waals surface area contributed by atoms with Crippen LogP contribution < -0.4 is 11.5 Å². The minimum atomic E-state index is -0.347. The second-order valence-corrected chi connectivity index (χ2v) is 6.28. The first-order chi connectivity index (χ1) is 7.93. The van der Waals surface area contributed by atoms with Crippen molar-refractivity contribution >= 4 is 5.91 Å². The topological polar surface area (TPSA) is 72.4 Å². The summed E-state index contributed by atoms with van der Waals surface area (Å²) in [7, 11) is 0. The van der Waals surface area contributed by atoms with Gasteiger partial charge in [0.25, 0.3) is 0 Å². The molecule has 1 saturated carbocycles. The van der Waals surface area contributed by atoms with E-state index >= 15 is 0 Å². The van der Waals surface area contributed by atoms with Crippen LogP contribution in [-0.4, -0.2) is 36.0 Å². The molecule has 0 bridgehead atoms. The van der Waals surface area contributed by atoms with Gasteiger partial charge in [0.15, 0.2) is 0 Å². The molecule has 2 rings (SSSR count). The summed E-state index contributed by atoms with van der Waals surface area (Å²) in [5.74, 6) is 0.335. The minimum Gasteiger partial charge on any atom is -0.341 e. The SMILES string of the molecule is CC(C)[C@H](N)C(=O)N1CC[C@]2(CC[C@H](N)C2)C1. The lowest BCUT2D eigenvalue weighted by Gasteiger charge is -2.26. The smallest absolute Gasteiger partial charge is 0.239 e. The first-order valence-corrected chi connectivity index (χ1v) is 6.73. The molecule has 1 amide bonds. The number of hydrogen-bond acceptors (Lipinski definition) is 3. The Morgan fingerprint density at radius 2 is 2.12 bits per heavy atom. The summed E-state index contributed by atoms with van der Waals surface area (Å²) in [5, 5.41) is 0. The van der Waals surface area contributed by atoms with Crippen LogP contribution in [0.5, 0.6) is 0 Å². The summed E-state index contributed by atoms with van der Waals surface area (Å²) < 4.78 is 0. The van der Waals surface area contributed by atoms with Gasteiger partial charge in [-0.05, 0) is 37.0 Å². The predicted octanol–water partition coefficient (Wildman–Crippen LogP) is 0.700. The van der Waals surface area contributed by atoms with Crippen LogP contribution in [-0.2, 0) is 4.79 Å². The maximum Gasteiger partial charge on any atom is 0.239 e. The maximum absolute atomic E-state index is 12.2. The number of amides is 1. The number of hydrogen-bond donors (Lipinski definition) is 2. The molecule has 0 radical (unpaired) electrons. The molecule has 2 aliphatic rings. The fourth-order valence-corrected chi connectivity index (χ4v) is 3.24. The van der Waals surface area contributed by atoms with Gasteiger partial charge in [-0.2, -0.15) is 0 Å². The number of nitrogens with zero attached hydrogens (tertiary/aromatic N) is 1. The number of likely N-dealkylation sites (tertiary alicyclic amines) is 1. The lowest BCUT2D eigenvalue weighted by molar-refractivity contribution is -0.132. The van der Waals surface area contributed by atoms with E-state index in [-0.39, 0.29) is 17.9 Å². The number of nitrogens with two attached hydrogens (primary N) is 2. The van der Waals surface area contributed by atoms with E-state index in [9.17, 15) is 4.79 Å². The van der Waals surface area contributed by atoms with Crippen molar-refractivity contribution in [1.29, 1.82) is 0 Å². The zero-order valence-corrected chi connectivity index (χ0v) is 11.0. The average molecular weight is 239 g/mol. The number of carbonyl (C=O) groups excluding carboxylic acids is 1. The molecule has 0 aromatic rings. The van der Waals surface area contributed by atoms with Crippen molar-refractivity contribution in [3.8, 4) is 0 Å². The number of carbonyl (C=O) groups is 1. The first kappa shape index (κ1) is 12.8. The molecule has 4 heteroatoms.